The summed E-state index contributed by atoms with van der Waals surface area (Å²) in [5, 5.41) is 19.3. The molecule has 2 N–H and O–H groups in total. The van der Waals surface area contributed by atoms with Crippen molar-refractivity contribution in [2.75, 3.05) is 6.61 Å². The molecule has 0 saturated heterocycles. The largest absolute Gasteiger partial charge is 0.508 e. The number of benzene rings is 2. The Morgan fingerprint density at radius 2 is 1.33 bits per heavy atom. The van der Waals surface area contributed by atoms with Crippen LogP contribution in [0.25, 0.3) is 0 Å². The van der Waals surface area contributed by atoms with Gasteiger partial charge in [-0.05, 0) is 67.5 Å². The molecule has 2 aromatic carbocycles. The summed E-state index contributed by atoms with van der Waals surface area (Å²) in [4.78, 5) is 12.4. The summed E-state index contributed by atoms with van der Waals surface area (Å²) < 4.78 is 5.49. The first-order valence-electron chi connectivity index (χ1n) is 12.4. The number of allylic oxidation sites excluding steroid dienone is 2. The van der Waals surface area contributed by atoms with E-state index < -0.39 is 5.41 Å². The second kappa shape index (κ2) is 14.4. The fourth-order valence-corrected chi connectivity index (χ4v) is 4.02. The van der Waals surface area contributed by atoms with Crippen molar-refractivity contribution in [1.82, 2.24) is 0 Å². The highest BCUT2D eigenvalue weighted by atomic mass is 16.5. The van der Waals surface area contributed by atoms with E-state index >= 15 is 0 Å². The second-order valence-corrected chi connectivity index (χ2v) is 8.96. The Labute approximate surface area is 199 Å². The van der Waals surface area contributed by atoms with Crippen LogP contribution in [0.4, 0.5) is 0 Å². The first kappa shape index (κ1) is 26.5. The summed E-state index contributed by atoms with van der Waals surface area (Å²) in [6.45, 7) is 4.75. The van der Waals surface area contributed by atoms with Gasteiger partial charge in [-0.15, -0.1) is 0 Å². The Morgan fingerprint density at radius 1 is 0.818 bits per heavy atom. The van der Waals surface area contributed by atoms with E-state index in [4.69, 9.17) is 4.74 Å². The van der Waals surface area contributed by atoms with Gasteiger partial charge in [0.05, 0.1) is 6.61 Å². The summed E-state index contributed by atoms with van der Waals surface area (Å²) in [5.41, 5.74) is 1.57. The van der Waals surface area contributed by atoms with Gasteiger partial charge in [0.2, 0.25) is 0 Å². The average molecular weight is 453 g/mol. The van der Waals surface area contributed by atoms with Crippen LogP contribution in [0.5, 0.6) is 11.5 Å². The Morgan fingerprint density at radius 3 is 1.91 bits per heavy atom. The van der Waals surface area contributed by atoms with Crippen LogP contribution in [0.2, 0.25) is 0 Å². The monoisotopic (exact) mass is 452 g/mol. The first-order chi connectivity index (χ1) is 16.0. The lowest BCUT2D eigenvalue weighted by atomic mass is 9.73. The average Bonchev–Trinajstić information content (AvgIpc) is 2.82. The molecule has 0 aliphatic heterocycles. The number of carbonyl (C=O) groups excluding carboxylic acids is 1. The number of rotatable bonds is 15. The Hall–Kier alpha value is -2.75. The third-order valence-electron chi connectivity index (χ3n) is 6.24. The first-order valence-corrected chi connectivity index (χ1v) is 12.4. The van der Waals surface area contributed by atoms with Gasteiger partial charge in [0.15, 0.2) is 0 Å². The van der Waals surface area contributed by atoms with Gasteiger partial charge in [0.25, 0.3) is 0 Å². The fourth-order valence-electron chi connectivity index (χ4n) is 4.02. The third-order valence-corrected chi connectivity index (χ3v) is 6.24. The number of hydrogen-bond acceptors (Lipinski definition) is 4. The standard InChI is InChI=1S/C29H40O4/c1-3-4-5-6-7-8-9-10-11-12-23-33-28(32)21-22-29(2,24-13-17-26(30)18-14-24)25-15-19-27(31)20-16-25/h5-6,13-20,30-31H,3-4,7-12,21-23H2,1-2H3/b6-5+. The van der Waals surface area contributed by atoms with Gasteiger partial charge >= 0.3 is 5.97 Å². The summed E-state index contributed by atoms with van der Waals surface area (Å²) in [6.07, 6.45) is 14.6. The van der Waals surface area contributed by atoms with E-state index in [1.807, 2.05) is 24.3 Å². The molecule has 0 heterocycles. The van der Waals surface area contributed by atoms with Crippen molar-refractivity contribution in [2.45, 2.75) is 83.5 Å². The summed E-state index contributed by atoms with van der Waals surface area (Å²) >= 11 is 0. The molecule has 0 atom stereocenters. The summed E-state index contributed by atoms with van der Waals surface area (Å²) in [7, 11) is 0. The zero-order chi connectivity index (χ0) is 23.9. The highest BCUT2D eigenvalue weighted by molar-refractivity contribution is 5.69. The summed E-state index contributed by atoms with van der Waals surface area (Å²) in [5.74, 6) is 0.234. The van der Waals surface area contributed by atoms with Crippen LogP contribution < -0.4 is 0 Å². The van der Waals surface area contributed by atoms with E-state index in [-0.39, 0.29) is 17.5 Å². The topological polar surface area (TPSA) is 66.8 Å². The predicted molar refractivity (Wildman–Crippen MR) is 135 cm³/mol. The molecule has 4 heteroatoms. The molecule has 0 spiro atoms. The maximum atomic E-state index is 12.4. The van der Waals surface area contributed by atoms with Crippen LogP contribution in [0.15, 0.2) is 60.7 Å². The molecule has 0 unspecified atom stereocenters. The number of hydrogen-bond donors (Lipinski definition) is 2. The van der Waals surface area contributed by atoms with Gasteiger partial charge in [-0.2, -0.15) is 0 Å². The van der Waals surface area contributed by atoms with Crippen LogP contribution in [-0.4, -0.2) is 22.8 Å². The molecular formula is C29H40O4. The van der Waals surface area contributed by atoms with E-state index in [1.54, 1.807) is 24.3 Å². The second-order valence-electron chi connectivity index (χ2n) is 8.96. The molecule has 2 rings (SSSR count). The molecule has 0 aliphatic rings. The number of phenols is 2. The van der Waals surface area contributed by atoms with Crippen molar-refractivity contribution in [2.24, 2.45) is 0 Å². The van der Waals surface area contributed by atoms with Crippen molar-refractivity contribution in [3.63, 3.8) is 0 Å². The Bertz CT molecular complexity index is 791. The smallest absolute Gasteiger partial charge is 0.305 e. The van der Waals surface area contributed by atoms with Crippen molar-refractivity contribution in [1.29, 1.82) is 0 Å². The molecule has 0 aromatic heterocycles. The number of ether oxygens (including phenoxy) is 1. The van der Waals surface area contributed by atoms with E-state index in [2.05, 4.69) is 26.0 Å². The van der Waals surface area contributed by atoms with Crippen LogP contribution in [-0.2, 0) is 14.9 Å². The highest BCUT2D eigenvalue weighted by Crippen LogP contribution is 2.37. The molecule has 0 aliphatic carbocycles. The van der Waals surface area contributed by atoms with Crippen molar-refractivity contribution in [3.8, 4) is 11.5 Å². The van der Waals surface area contributed by atoms with Gasteiger partial charge < -0.3 is 14.9 Å². The maximum absolute atomic E-state index is 12.4. The zero-order valence-electron chi connectivity index (χ0n) is 20.3. The van der Waals surface area contributed by atoms with Crippen LogP contribution in [0.1, 0.15) is 89.2 Å². The minimum atomic E-state index is -0.438. The molecule has 0 radical (unpaired) electrons. The number of unbranched alkanes of at least 4 members (excludes halogenated alkanes) is 6. The van der Waals surface area contributed by atoms with Crippen molar-refractivity contribution in [3.05, 3.63) is 71.8 Å². The number of carbonyl (C=O) groups is 1. The lowest BCUT2D eigenvalue weighted by Gasteiger charge is -2.31. The maximum Gasteiger partial charge on any atom is 0.305 e. The normalized spacial score (nSPS) is 11.7. The zero-order valence-corrected chi connectivity index (χ0v) is 20.3. The molecular weight excluding hydrogens is 412 g/mol. The molecule has 0 saturated carbocycles. The SMILES string of the molecule is CCC/C=C/CCCCCCCOC(=O)CCC(C)(c1ccc(O)cc1)c1ccc(O)cc1. The van der Waals surface area contributed by atoms with E-state index in [9.17, 15) is 15.0 Å². The molecule has 180 valence electrons. The number of aromatic hydroxyl groups is 2. The Kier molecular flexibility index (Phi) is 11.6. The molecule has 0 fully saturated rings. The lowest BCUT2D eigenvalue weighted by molar-refractivity contribution is -0.144. The van der Waals surface area contributed by atoms with Crippen molar-refractivity contribution < 1.29 is 19.7 Å². The van der Waals surface area contributed by atoms with Gasteiger partial charge in [-0.3, -0.25) is 4.79 Å². The van der Waals surface area contributed by atoms with E-state index in [1.165, 1.54) is 32.1 Å². The molecule has 33 heavy (non-hydrogen) atoms. The van der Waals surface area contributed by atoms with Crippen LogP contribution in [0, 0.1) is 0 Å². The van der Waals surface area contributed by atoms with E-state index in [0.717, 1.165) is 30.4 Å². The molecule has 0 amide bonds. The summed E-state index contributed by atoms with van der Waals surface area (Å²) in [6, 6.07) is 14.2. The molecule has 4 nitrogen and oxygen atoms in total. The highest BCUT2D eigenvalue weighted by Gasteiger charge is 2.30. The van der Waals surface area contributed by atoms with Crippen LogP contribution in [0.3, 0.4) is 0 Å². The molecule has 2 aromatic rings. The van der Waals surface area contributed by atoms with Gasteiger partial charge in [-0.25, -0.2) is 0 Å². The Balaban J connectivity index is 1.77. The molecule has 0 bridgehead atoms. The quantitative estimate of drug-likeness (QED) is 0.168. The minimum absolute atomic E-state index is 0.181. The predicted octanol–water partition coefficient (Wildman–Crippen LogP) is 7.42. The minimum Gasteiger partial charge on any atom is -0.508 e. The third kappa shape index (κ3) is 9.33. The lowest BCUT2D eigenvalue weighted by Crippen LogP contribution is -2.25. The number of phenolic OH excluding ortho intramolecular Hbond substituents is 2. The van der Waals surface area contributed by atoms with Gasteiger partial charge in [0.1, 0.15) is 11.5 Å². The van der Waals surface area contributed by atoms with Crippen LogP contribution >= 0.6 is 0 Å². The van der Waals surface area contributed by atoms with Gasteiger partial charge in [0, 0.05) is 11.8 Å². The van der Waals surface area contributed by atoms with E-state index in [0.29, 0.717) is 19.4 Å². The fraction of sp³-hybridized carbons (Fsp3) is 0.483. The van der Waals surface area contributed by atoms with Crippen molar-refractivity contribution >= 4 is 5.97 Å². The number of esters is 1. The van der Waals surface area contributed by atoms with Gasteiger partial charge in [-0.1, -0.05) is 75.9 Å².